The van der Waals surface area contributed by atoms with Gasteiger partial charge in [0.25, 0.3) is 0 Å². The minimum Gasteiger partial charge on any atom is -0.341 e. The molecule has 2 amide bonds. The van der Waals surface area contributed by atoms with Crippen LogP contribution in [0.15, 0.2) is 0 Å². The van der Waals surface area contributed by atoms with Gasteiger partial charge in [-0.25, -0.2) is 4.79 Å². The lowest BCUT2D eigenvalue weighted by atomic mass is 10.0. The zero-order valence-electron chi connectivity index (χ0n) is 7.73. The minimum absolute atomic E-state index is 0.0620. The predicted octanol–water partition coefficient (Wildman–Crippen LogP) is 1.50. The molecule has 70 valence electrons. The Balaban J connectivity index is 1.97. The normalized spacial score (nSPS) is 17.8. The lowest BCUT2D eigenvalue weighted by Crippen LogP contribution is -2.33. The van der Waals surface area contributed by atoms with E-state index < -0.39 is 0 Å². The first-order valence-electron chi connectivity index (χ1n) is 4.78. The monoisotopic (exact) mass is 170 g/mol. The maximum absolute atomic E-state index is 10.8. The number of rotatable bonds is 3. The fraction of sp³-hybridized carbons (Fsp3) is 0.889. The van der Waals surface area contributed by atoms with Gasteiger partial charge in [0.1, 0.15) is 0 Å². The number of hydrogen-bond acceptors (Lipinski definition) is 1. The maximum atomic E-state index is 10.8. The van der Waals surface area contributed by atoms with E-state index in [-0.39, 0.29) is 6.03 Å². The first-order chi connectivity index (χ1) is 5.83. The largest absolute Gasteiger partial charge is 0.341 e. The van der Waals surface area contributed by atoms with E-state index in [1.165, 1.54) is 25.7 Å². The summed E-state index contributed by atoms with van der Waals surface area (Å²) in [5.74, 6) is 0.863. The summed E-state index contributed by atoms with van der Waals surface area (Å²) in [6.07, 6.45) is 6.62. The number of amides is 2. The summed E-state index contributed by atoms with van der Waals surface area (Å²) in [5, 5.41) is 5.35. The molecule has 1 fully saturated rings. The van der Waals surface area contributed by atoms with Crippen molar-refractivity contribution < 1.29 is 4.79 Å². The van der Waals surface area contributed by atoms with Gasteiger partial charge in [-0.05, 0) is 12.3 Å². The van der Waals surface area contributed by atoms with Gasteiger partial charge in [0.2, 0.25) is 0 Å². The summed E-state index contributed by atoms with van der Waals surface area (Å²) in [6.45, 7) is 0.824. The predicted molar refractivity (Wildman–Crippen MR) is 49.0 cm³/mol. The van der Waals surface area contributed by atoms with Crippen LogP contribution in [0.1, 0.15) is 32.1 Å². The smallest absolute Gasteiger partial charge is 0.314 e. The number of carbonyl (C=O) groups is 1. The molecule has 3 nitrogen and oxygen atoms in total. The lowest BCUT2D eigenvalue weighted by molar-refractivity contribution is 0.242. The van der Waals surface area contributed by atoms with Gasteiger partial charge >= 0.3 is 6.03 Å². The molecule has 0 aromatic rings. The molecule has 0 heterocycles. The second-order valence-electron chi connectivity index (χ2n) is 3.45. The van der Waals surface area contributed by atoms with Gasteiger partial charge in [0.05, 0.1) is 0 Å². The van der Waals surface area contributed by atoms with Crippen LogP contribution < -0.4 is 10.6 Å². The van der Waals surface area contributed by atoms with Gasteiger partial charge in [-0.2, -0.15) is 0 Å². The highest BCUT2D eigenvalue weighted by atomic mass is 16.2. The minimum atomic E-state index is -0.0620. The molecule has 0 bridgehead atoms. The van der Waals surface area contributed by atoms with Gasteiger partial charge in [-0.3, -0.25) is 0 Å². The number of carbonyl (C=O) groups excluding carboxylic acids is 1. The highest BCUT2D eigenvalue weighted by Gasteiger charge is 2.14. The molecular weight excluding hydrogens is 152 g/mol. The van der Waals surface area contributed by atoms with Crippen LogP contribution in [0.2, 0.25) is 0 Å². The quantitative estimate of drug-likeness (QED) is 0.662. The summed E-state index contributed by atoms with van der Waals surface area (Å²) in [6, 6.07) is -0.0620. The van der Waals surface area contributed by atoms with Crippen molar-refractivity contribution in [3.8, 4) is 0 Å². The van der Waals surface area contributed by atoms with Crippen molar-refractivity contribution in [2.75, 3.05) is 13.6 Å². The van der Waals surface area contributed by atoms with Crippen LogP contribution in [0, 0.1) is 5.92 Å². The molecule has 0 spiro atoms. The number of urea groups is 1. The van der Waals surface area contributed by atoms with Gasteiger partial charge < -0.3 is 10.6 Å². The molecule has 3 heteroatoms. The molecule has 0 aromatic carbocycles. The van der Waals surface area contributed by atoms with Crippen molar-refractivity contribution in [3.63, 3.8) is 0 Å². The molecule has 1 saturated carbocycles. The molecule has 0 radical (unpaired) electrons. The van der Waals surface area contributed by atoms with Crippen LogP contribution in [0.3, 0.4) is 0 Å². The standard InChI is InChI=1S/C9H18N2O/c1-10-9(12)11-7-6-8-4-2-3-5-8/h8H,2-7H2,1H3,(H2,10,11,12). The average molecular weight is 170 g/mol. The molecular formula is C9H18N2O. The van der Waals surface area contributed by atoms with E-state index in [0.29, 0.717) is 0 Å². The van der Waals surface area contributed by atoms with Crippen LogP contribution in [-0.4, -0.2) is 19.6 Å². The third-order valence-electron chi connectivity index (χ3n) is 2.54. The van der Waals surface area contributed by atoms with Crippen molar-refractivity contribution in [1.82, 2.24) is 10.6 Å². The molecule has 2 N–H and O–H groups in total. The molecule has 0 aliphatic heterocycles. The van der Waals surface area contributed by atoms with E-state index >= 15 is 0 Å². The highest BCUT2D eigenvalue weighted by molar-refractivity contribution is 5.73. The molecule has 0 atom stereocenters. The molecule has 1 aliphatic rings. The second-order valence-corrected chi connectivity index (χ2v) is 3.45. The van der Waals surface area contributed by atoms with Crippen LogP contribution in [-0.2, 0) is 0 Å². The fourth-order valence-corrected chi connectivity index (χ4v) is 1.78. The second kappa shape index (κ2) is 5.01. The summed E-state index contributed by atoms with van der Waals surface area (Å²) in [7, 11) is 1.64. The third kappa shape index (κ3) is 3.11. The lowest BCUT2D eigenvalue weighted by Gasteiger charge is -2.08. The van der Waals surface area contributed by atoms with E-state index in [2.05, 4.69) is 10.6 Å². The Labute approximate surface area is 73.9 Å². The van der Waals surface area contributed by atoms with Gasteiger partial charge in [0.15, 0.2) is 0 Å². The highest BCUT2D eigenvalue weighted by Crippen LogP contribution is 2.26. The van der Waals surface area contributed by atoms with E-state index in [0.717, 1.165) is 18.9 Å². The summed E-state index contributed by atoms with van der Waals surface area (Å²) in [4.78, 5) is 10.8. The van der Waals surface area contributed by atoms with Crippen LogP contribution in [0.25, 0.3) is 0 Å². The topological polar surface area (TPSA) is 41.1 Å². The van der Waals surface area contributed by atoms with E-state index in [1.807, 2.05) is 0 Å². The van der Waals surface area contributed by atoms with E-state index in [9.17, 15) is 4.79 Å². The first-order valence-corrected chi connectivity index (χ1v) is 4.78. The average Bonchev–Trinajstić information content (AvgIpc) is 2.57. The van der Waals surface area contributed by atoms with Crippen molar-refractivity contribution in [2.24, 2.45) is 5.92 Å². The van der Waals surface area contributed by atoms with E-state index in [1.54, 1.807) is 7.05 Å². The molecule has 0 saturated heterocycles. The number of hydrogen-bond donors (Lipinski definition) is 2. The third-order valence-corrected chi connectivity index (χ3v) is 2.54. The SMILES string of the molecule is CNC(=O)NCCC1CCCC1. The first kappa shape index (κ1) is 9.36. The Hall–Kier alpha value is -0.730. The van der Waals surface area contributed by atoms with Gasteiger partial charge in [-0.1, -0.05) is 25.7 Å². The van der Waals surface area contributed by atoms with Crippen LogP contribution in [0.5, 0.6) is 0 Å². The summed E-state index contributed by atoms with van der Waals surface area (Å²) in [5.41, 5.74) is 0. The van der Waals surface area contributed by atoms with Crippen molar-refractivity contribution in [2.45, 2.75) is 32.1 Å². The Bertz CT molecular complexity index is 141. The Kier molecular flexibility index (Phi) is 3.91. The zero-order valence-corrected chi connectivity index (χ0v) is 7.73. The molecule has 1 rings (SSSR count). The Morgan fingerprint density at radius 2 is 2.08 bits per heavy atom. The summed E-state index contributed by atoms with van der Waals surface area (Å²) >= 11 is 0. The molecule has 12 heavy (non-hydrogen) atoms. The van der Waals surface area contributed by atoms with E-state index in [4.69, 9.17) is 0 Å². The van der Waals surface area contributed by atoms with Crippen LogP contribution >= 0.6 is 0 Å². The molecule has 0 unspecified atom stereocenters. The summed E-state index contributed by atoms with van der Waals surface area (Å²) < 4.78 is 0. The number of nitrogens with one attached hydrogen (secondary N) is 2. The zero-order chi connectivity index (χ0) is 8.81. The van der Waals surface area contributed by atoms with Crippen molar-refractivity contribution in [1.29, 1.82) is 0 Å². The van der Waals surface area contributed by atoms with Crippen LogP contribution in [0.4, 0.5) is 4.79 Å². The molecule has 0 aromatic heterocycles. The van der Waals surface area contributed by atoms with Gasteiger partial charge in [-0.15, -0.1) is 0 Å². The van der Waals surface area contributed by atoms with Gasteiger partial charge in [0, 0.05) is 13.6 Å². The molecule has 1 aliphatic carbocycles. The Morgan fingerprint density at radius 3 is 2.67 bits per heavy atom. The Morgan fingerprint density at radius 1 is 1.42 bits per heavy atom. The fourth-order valence-electron chi connectivity index (χ4n) is 1.78. The van der Waals surface area contributed by atoms with Crippen molar-refractivity contribution >= 4 is 6.03 Å². The van der Waals surface area contributed by atoms with Crippen molar-refractivity contribution in [3.05, 3.63) is 0 Å². The maximum Gasteiger partial charge on any atom is 0.314 e.